The summed E-state index contributed by atoms with van der Waals surface area (Å²) < 4.78 is 5.04. The van der Waals surface area contributed by atoms with Crippen molar-refractivity contribution < 1.29 is 19.1 Å². The molecule has 5 heteroatoms. The van der Waals surface area contributed by atoms with Gasteiger partial charge in [-0.05, 0) is 54.0 Å². The zero-order valence-corrected chi connectivity index (χ0v) is 26.5. The largest absolute Gasteiger partial charge is 0.466 e. The Hall–Kier alpha value is -3.78. The van der Waals surface area contributed by atoms with Crippen molar-refractivity contribution in [3.8, 4) is 11.8 Å². The molecular weight excluding hydrogens is 522 g/mol. The molecule has 0 aliphatic heterocycles. The van der Waals surface area contributed by atoms with Gasteiger partial charge in [-0.15, -0.1) is 0 Å². The van der Waals surface area contributed by atoms with Crippen LogP contribution in [0.5, 0.6) is 0 Å². The summed E-state index contributed by atoms with van der Waals surface area (Å²) in [6.45, 7) is 10.6. The number of esters is 1. The Labute approximate surface area is 253 Å². The number of hydrogen-bond donors (Lipinski definition) is 0. The van der Waals surface area contributed by atoms with Crippen molar-refractivity contribution in [3.63, 3.8) is 0 Å². The van der Waals surface area contributed by atoms with Crippen molar-refractivity contribution in [1.82, 2.24) is 0 Å². The fourth-order valence-corrected chi connectivity index (χ4v) is 4.19. The van der Waals surface area contributed by atoms with E-state index >= 15 is 0 Å². The first kappa shape index (κ1) is 36.2. The highest BCUT2D eigenvalue weighted by molar-refractivity contribution is 6.14. The highest BCUT2D eigenvalue weighted by Gasteiger charge is 2.12. The summed E-state index contributed by atoms with van der Waals surface area (Å²) in [5.41, 5.74) is 4.21. The van der Waals surface area contributed by atoms with Crippen molar-refractivity contribution in [1.29, 1.82) is 0 Å². The van der Waals surface area contributed by atoms with E-state index in [0.717, 1.165) is 29.5 Å². The summed E-state index contributed by atoms with van der Waals surface area (Å²) in [5, 5.41) is 0. The minimum atomic E-state index is -0.308. The molecule has 0 N–H and O–H groups in total. The van der Waals surface area contributed by atoms with E-state index < -0.39 is 0 Å². The van der Waals surface area contributed by atoms with Gasteiger partial charge in [-0.1, -0.05) is 114 Å². The van der Waals surface area contributed by atoms with Crippen LogP contribution in [-0.4, -0.2) is 36.9 Å². The van der Waals surface area contributed by atoms with E-state index in [2.05, 4.69) is 37.6 Å². The summed E-state index contributed by atoms with van der Waals surface area (Å²) in [7, 11) is 1.67. The molecule has 0 fully saturated rings. The SMILES string of the molecule is CCC.CCCCCCCC(=O)c1ccc(C(/C=C\C(=O)C#CCc2cccc(C(C)CC(=O)OCC)c2)=NC)cc1. The second kappa shape index (κ2) is 21.9. The third kappa shape index (κ3) is 14.7. The van der Waals surface area contributed by atoms with E-state index in [1.54, 1.807) is 20.0 Å². The van der Waals surface area contributed by atoms with E-state index in [-0.39, 0.29) is 23.5 Å². The van der Waals surface area contributed by atoms with Crippen LogP contribution in [0.15, 0.2) is 65.7 Å². The second-order valence-electron chi connectivity index (χ2n) is 10.3. The molecule has 0 heterocycles. The monoisotopic (exact) mass is 571 g/mol. The number of rotatable bonds is 15. The third-order valence-corrected chi connectivity index (χ3v) is 6.45. The second-order valence-corrected chi connectivity index (χ2v) is 10.3. The number of aliphatic imine (C=N–C) groups is 1. The van der Waals surface area contributed by atoms with Crippen LogP contribution in [0.4, 0.5) is 0 Å². The van der Waals surface area contributed by atoms with Gasteiger partial charge in [0.1, 0.15) is 0 Å². The van der Waals surface area contributed by atoms with Crippen LogP contribution in [0.1, 0.15) is 119 Å². The van der Waals surface area contributed by atoms with Crippen molar-refractivity contribution in [2.24, 2.45) is 4.99 Å². The van der Waals surface area contributed by atoms with Gasteiger partial charge >= 0.3 is 5.97 Å². The van der Waals surface area contributed by atoms with Crippen LogP contribution in [0.2, 0.25) is 0 Å². The Morgan fingerprint density at radius 3 is 2.21 bits per heavy atom. The number of ether oxygens (including phenoxy) is 1. The van der Waals surface area contributed by atoms with Crippen molar-refractivity contribution in [3.05, 3.63) is 82.9 Å². The van der Waals surface area contributed by atoms with E-state index in [4.69, 9.17) is 4.74 Å². The molecule has 2 aromatic rings. The molecule has 0 saturated carbocycles. The average Bonchev–Trinajstić information content (AvgIpc) is 2.98. The molecule has 5 nitrogen and oxygen atoms in total. The van der Waals surface area contributed by atoms with E-state index in [9.17, 15) is 14.4 Å². The molecule has 226 valence electrons. The molecule has 1 atom stereocenters. The van der Waals surface area contributed by atoms with Gasteiger partial charge < -0.3 is 4.74 Å². The number of hydrogen-bond acceptors (Lipinski definition) is 5. The first-order valence-corrected chi connectivity index (χ1v) is 15.3. The fourth-order valence-electron chi connectivity index (χ4n) is 4.19. The number of carbonyl (C=O) groups is 3. The zero-order valence-electron chi connectivity index (χ0n) is 26.5. The molecule has 0 radical (unpaired) electrons. The highest BCUT2D eigenvalue weighted by Crippen LogP contribution is 2.21. The van der Waals surface area contributed by atoms with Crippen LogP contribution in [0.3, 0.4) is 0 Å². The van der Waals surface area contributed by atoms with Gasteiger partial charge in [-0.3, -0.25) is 19.4 Å². The van der Waals surface area contributed by atoms with Gasteiger partial charge in [0.15, 0.2) is 5.78 Å². The Kier molecular flexibility index (Phi) is 18.9. The summed E-state index contributed by atoms with van der Waals surface area (Å²) in [6, 6.07) is 15.3. The van der Waals surface area contributed by atoms with Crippen LogP contribution < -0.4 is 0 Å². The third-order valence-electron chi connectivity index (χ3n) is 6.45. The van der Waals surface area contributed by atoms with Gasteiger partial charge in [-0.25, -0.2) is 0 Å². The molecule has 0 bridgehead atoms. The lowest BCUT2D eigenvalue weighted by atomic mass is 9.95. The Morgan fingerprint density at radius 1 is 0.905 bits per heavy atom. The molecular formula is C37H49NO4. The number of benzene rings is 2. The number of Topliss-reactive ketones (excluding diaryl/α,β-unsaturated/α-hetero) is 1. The van der Waals surface area contributed by atoms with Crippen LogP contribution in [0.25, 0.3) is 0 Å². The minimum absolute atomic E-state index is 0.0380. The topological polar surface area (TPSA) is 72.8 Å². The number of carbonyl (C=O) groups excluding carboxylic acids is 3. The summed E-state index contributed by atoms with van der Waals surface area (Å²) in [4.78, 5) is 40.8. The summed E-state index contributed by atoms with van der Waals surface area (Å²) in [6.07, 6.45) is 11.3. The van der Waals surface area contributed by atoms with E-state index in [1.807, 2.05) is 55.5 Å². The molecule has 0 aromatic heterocycles. The summed E-state index contributed by atoms with van der Waals surface area (Å²) in [5.74, 6) is 5.29. The van der Waals surface area contributed by atoms with Gasteiger partial charge in [0.25, 0.3) is 0 Å². The van der Waals surface area contributed by atoms with Crippen LogP contribution >= 0.6 is 0 Å². The van der Waals surface area contributed by atoms with Crippen molar-refractivity contribution in [2.75, 3.05) is 13.7 Å². The molecule has 2 rings (SSSR count). The van der Waals surface area contributed by atoms with Crippen LogP contribution in [-0.2, 0) is 20.7 Å². The maximum atomic E-state index is 12.4. The standard InChI is InChI=1S/C34H41NO4.C3H8/c1-5-7-8-9-10-17-33(37)29-20-18-28(19-21-29)32(35-4)23-22-31(36)16-12-14-27-13-11-15-30(25-27)26(3)24-34(38)39-6-2;1-3-2/h11,13,15,18-23,25-26H,5-10,14,17,24H2,1-4H3;3H2,1-2H3/b23-22-,35-32?;. The Balaban J connectivity index is 0.00000281. The number of ketones is 2. The Morgan fingerprint density at radius 2 is 1.57 bits per heavy atom. The quantitative estimate of drug-likeness (QED) is 0.0409. The Bertz CT molecular complexity index is 1230. The first-order chi connectivity index (χ1) is 20.3. The van der Waals surface area contributed by atoms with Crippen LogP contribution in [0, 0.1) is 11.8 Å². The van der Waals surface area contributed by atoms with Crippen molar-refractivity contribution >= 4 is 23.2 Å². The number of unbranched alkanes of at least 4 members (excludes halogenated alkanes) is 4. The van der Waals surface area contributed by atoms with E-state index in [0.29, 0.717) is 37.1 Å². The lowest BCUT2D eigenvalue weighted by Crippen LogP contribution is -2.08. The predicted octanol–water partition coefficient (Wildman–Crippen LogP) is 8.49. The molecule has 0 aliphatic rings. The average molecular weight is 572 g/mol. The van der Waals surface area contributed by atoms with Crippen molar-refractivity contribution in [2.45, 2.75) is 98.3 Å². The number of nitrogens with zero attached hydrogens (tertiary/aromatic N) is 1. The molecule has 0 saturated heterocycles. The van der Waals surface area contributed by atoms with Gasteiger partial charge in [-0.2, -0.15) is 0 Å². The predicted molar refractivity (Wildman–Crippen MR) is 174 cm³/mol. The number of allylic oxidation sites excluding steroid dienone is 2. The molecule has 42 heavy (non-hydrogen) atoms. The van der Waals surface area contributed by atoms with Gasteiger partial charge in [0.2, 0.25) is 5.78 Å². The zero-order chi connectivity index (χ0) is 31.2. The molecule has 0 amide bonds. The first-order valence-electron chi connectivity index (χ1n) is 15.3. The normalized spacial score (nSPS) is 11.6. The fraction of sp³-hybridized carbons (Fsp3) is 0.459. The maximum Gasteiger partial charge on any atom is 0.306 e. The lowest BCUT2D eigenvalue weighted by molar-refractivity contribution is -0.143. The molecule has 1 unspecified atom stereocenters. The smallest absolute Gasteiger partial charge is 0.306 e. The van der Waals surface area contributed by atoms with Gasteiger partial charge in [0.05, 0.1) is 18.7 Å². The highest BCUT2D eigenvalue weighted by atomic mass is 16.5. The van der Waals surface area contributed by atoms with Gasteiger partial charge in [0, 0.05) is 25.5 Å². The van der Waals surface area contributed by atoms with E-state index in [1.165, 1.54) is 31.8 Å². The molecule has 2 aromatic carbocycles. The lowest BCUT2D eigenvalue weighted by Gasteiger charge is -2.12. The maximum absolute atomic E-state index is 12.4. The molecule has 0 aliphatic carbocycles. The minimum Gasteiger partial charge on any atom is -0.466 e. The molecule has 0 spiro atoms. The summed E-state index contributed by atoms with van der Waals surface area (Å²) >= 11 is 0.